The van der Waals surface area contributed by atoms with Crippen molar-refractivity contribution in [3.8, 4) is 0 Å². The van der Waals surface area contributed by atoms with Crippen molar-refractivity contribution >= 4 is 35.2 Å². The Balaban J connectivity index is 2.21. The molecule has 1 aromatic carbocycles. The summed E-state index contributed by atoms with van der Waals surface area (Å²) in [6.45, 7) is 9.48. The Hall–Kier alpha value is -2.28. The van der Waals surface area contributed by atoms with Crippen LogP contribution in [0.1, 0.15) is 30.5 Å². The van der Waals surface area contributed by atoms with E-state index in [9.17, 15) is 14.4 Å². The number of carbonyl (C=O) groups excluding carboxylic acids is 3. The van der Waals surface area contributed by atoms with Crippen molar-refractivity contribution < 1.29 is 19.1 Å². The van der Waals surface area contributed by atoms with Gasteiger partial charge in [-0.2, -0.15) is 0 Å². The standard InChI is InChI=1S/C19H24N2O4S/c1-6-25-17(23)9-16-21(15(22)10-26-16)14(5)19(24)20-18-12(3)7-11(2)8-13(18)4/h7-9,14H,6,10H2,1-5H3,(H,20,24)/b16-9-. The van der Waals surface area contributed by atoms with Gasteiger partial charge in [0.2, 0.25) is 11.8 Å². The molecule has 6 nitrogen and oxygen atoms in total. The average molecular weight is 376 g/mol. The molecule has 1 heterocycles. The molecule has 0 aliphatic carbocycles. The van der Waals surface area contributed by atoms with Crippen LogP contribution in [0.4, 0.5) is 5.69 Å². The lowest BCUT2D eigenvalue weighted by molar-refractivity contribution is -0.137. The zero-order valence-electron chi connectivity index (χ0n) is 15.7. The van der Waals surface area contributed by atoms with E-state index < -0.39 is 12.0 Å². The van der Waals surface area contributed by atoms with E-state index in [2.05, 4.69) is 5.32 Å². The number of amides is 2. The number of nitrogens with one attached hydrogen (secondary N) is 1. The molecule has 1 fully saturated rings. The minimum absolute atomic E-state index is 0.200. The van der Waals surface area contributed by atoms with Gasteiger partial charge < -0.3 is 10.1 Å². The van der Waals surface area contributed by atoms with Crippen LogP contribution in [0.3, 0.4) is 0 Å². The molecule has 26 heavy (non-hydrogen) atoms. The molecule has 1 unspecified atom stereocenters. The van der Waals surface area contributed by atoms with Crippen molar-refractivity contribution in [2.75, 3.05) is 17.7 Å². The van der Waals surface area contributed by atoms with Crippen LogP contribution >= 0.6 is 11.8 Å². The molecule has 1 aliphatic heterocycles. The summed E-state index contributed by atoms with van der Waals surface area (Å²) in [5.41, 5.74) is 3.81. The molecule has 1 atom stereocenters. The van der Waals surface area contributed by atoms with Gasteiger partial charge in [0.15, 0.2) is 0 Å². The Morgan fingerprint density at radius 1 is 1.31 bits per heavy atom. The second-order valence-corrected chi connectivity index (χ2v) is 7.22. The highest BCUT2D eigenvalue weighted by Crippen LogP contribution is 2.31. The molecule has 0 aromatic heterocycles. The van der Waals surface area contributed by atoms with Crippen LogP contribution in [0.25, 0.3) is 0 Å². The first-order valence-corrected chi connectivity index (χ1v) is 9.45. The summed E-state index contributed by atoms with van der Waals surface area (Å²) in [4.78, 5) is 38.0. The highest BCUT2D eigenvalue weighted by Gasteiger charge is 2.35. The lowest BCUT2D eigenvalue weighted by Crippen LogP contribution is -2.42. The van der Waals surface area contributed by atoms with Crippen LogP contribution in [-0.4, -0.2) is 41.1 Å². The second-order valence-electron chi connectivity index (χ2n) is 6.23. The number of anilines is 1. The highest BCUT2D eigenvalue weighted by molar-refractivity contribution is 8.04. The van der Waals surface area contributed by atoms with Gasteiger partial charge in [-0.3, -0.25) is 14.5 Å². The Morgan fingerprint density at radius 2 is 1.92 bits per heavy atom. The molecule has 140 valence electrons. The van der Waals surface area contributed by atoms with Crippen LogP contribution in [0, 0.1) is 20.8 Å². The third-order valence-corrected chi connectivity index (χ3v) is 5.07. The van der Waals surface area contributed by atoms with Gasteiger partial charge in [-0.1, -0.05) is 29.5 Å². The van der Waals surface area contributed by atoms with Gasteiger partial charge in [0.1, 0.15) is 6.04 Å². The molecule has 1 aromatic rings. The fraction of sp³-hybridized carbons (Fsp3) is 0.421. The average Bonchev–Trinajstić information content (AvgIpc) is 2.90. The first-order chi connectivity index (χ1) is 12.2. The largest absolute Gasteiger partial charge is 0.463 e. The number of benzene rings is 1. The van der Waals surface area contributed by atoms with Gasteiger partial charge in [-0.05, 0) is 45.7 Å². The fourth-order valence-corrected chi connectivity index (χ4v) is 3.91. The van der Waals surface area contributed by atoms with E-state index in [4.69, 9.17) is 4.74 Å². The molecule has 2 amide bonds. The third kappa shape index (κ3) is 4.46. The molecule has 0 radical (unpaired) electrons. The van der Waals surface area contributed by atoms with E-state index in [1.165, 1.54) is 22.7 Å². The Bertz CT molecular complexity index is 750. The second kappa shape index (κ2) is 8.40. The summed E-state index contributed by atoms with van der Waals surface area (Å²) in [6.07, 6.45) is 1.27. The van der Waals surface area contributed by atoms with Gasteiger partial charge in [0.25, 0.3) is 0 Å². The van der Waals surface area contributed by atoms with Gasteiger partial charge >= 0.3 is 5.97 Å². The molecular formula is C19H24N2O4S. The van der Waals surface area contributed by atoms with Crippen LogP contribution < -0.4 is 5.32 Å². The Morgan fingerprint density at radius 3 is 2.50 bits per heavy atom. The van der Waals surface area contributed by atoms with Crippen molar-refractivity contribution in [3.05, 3.63) is 39.9 Å². The van der Waals surface area contributed by atoms with E-state index >= 15 is 0 Å². The Labute approximate surface area is 158 Å². The topological polar surface area (TPSA) is 75.7 Å². The van der Waals surface area contributed by atoms with E-state index in [0.29, 0.717) is 5.03 Å². The van der Waals surface area contributed by atoms with Crippen molar-refractivity contribution in [2.24, 2.45) is 0 Å². The number of rotatable bonds is 5. The van der Waals surface area contributed by atoms with E-state index in [1.54, 1.807) is 13.8 Å². The first kappa shape index (κ1) is 20.0. The van der Waals surface area contributed by atoms with Crippen molar-refractivity contribution in [2.45, 2.75) is 40.7 Å². The van der Waals surface area contributed by atoms with E-state index in [1.807, 2.05) is 32.9 Å². The molecule has 2 rings (SSSR count). The maximum Gasteiger partial charge on any atom is 0.333 e. The quantitative estimate of drug-likeness (QED) is 0.632. The van der Waals surface area contributed by atoms with Gasteiger partial charge in [-0.25, -0.2) is 4.79 Å². The zero-order chi connectivity index (χ0) is 19.4. The smallest absolute Gasteiger partial charge is 0.333 e. The number of hydrogen-bond donors (Lipinski definition) is 1. The minimum atomic E-state index is -0.738. The first-order valence-electron chi connectivity index (χ1n) is 8.46. The van der Waals surface area contributed by atoms with Crippen LogP contribution in [-0.2, 0) is 19.1 Å². The molecular weight excluding hydrogens is 352 g/mol. The predicted octanol–water partition coefficient (Wildman–Crippen LogP) is 2.92. The summed E-state index contributed by atoms with van der Waals surface area (Å²) in [5, 5.41) is 3.35. The zero-order valence-corrected chi connectivity index (χ0v) is 16.5. The summed E-state index contributed by atoms with van der Waals surface area (Å²) in [5.74, 6) is -0.824. The molecule has 0 spiro atoms. The van der Waals surface area contributed by atoms with E-state index in [0.717, 1.165) is 22.4 Å². The number of carbonyl (C=O) groups is 3. The molecule has 1 saturated heterocycles. The van der Waals surface area contributed by atoms with Crippen molar-refractivity contribution in [1.29, 1.82) is 0 Å². The number of thioether (sulfide) groups is 1. The molecule has 0 bridgehead atoms. The van der Waals surface area contributed by atoms with Crippen LogP contribution in [0.2, 0.25) is 0 Å². The van der Waals surface area contributed by atoms with Gasteiger partial charge in [0, 0.05) is 5.69 Å². The monoisotopic (exact) mass is 376 g/mol. The maximum atomic E-state index is 12.7. The number of aryl methyl sites for hydroxylation is 3. The van der Waals surface area contributed by atoms with Gasteiger partial charge in [0.05, 0.1) is 23.5 Å². The van der Waals surface area contributed by atoms with Crippen LogP contribution in [0.15, 0.2) is 23.2 Å². The maximum absolute atomic E-state index is 12.7. The number of hydrogen-bond acceptors (Lipinski definition) is 5. The SMILES string of the molecule is CCOC(=O)/C=C1\SCC(=O)N1C(C)C(=O)Nc1c(C)cc(C)cc1C. The lowest BCUT2D eigenvalue weighted by atomic mass is 10.0. The Kier molecular flexibility index (Phi) is 6.47. The summed E-state index contributed by atoms with van der Waals surface area (Å²) < 4.78 is 4.90. The summed E-state index contributed by atoms with van der Waals surface area (Å²) in [6, 6.07) is 3.25. The minimum Gasteiger partial charge on any atom is -0.463 e. The number of esters is 1. The number of nitrogens with zero attached hydrogens (tertiary/aromatic N) is 1. The summed E-state index contributed by atoms with van der Waals surface area (Å²) in [7, 11) is 0. The summed E-state index contributed by atoms with van der Waals surface area (Å²) >= 11 is 1.23. The number of ether oxygens (including phenoxy) is 1. The van der Waals surface area contributed by atoms with Gasteiger partial charge in [-0.15, -0.1) is 0 Å². The van der Waals surface area contributed by atoms with Crippen LogP contribution in [0.5, 0.6) is 0 Å². The highest BCUT2D eigenvalue weighted by atomic mass is 32.2. The fourth-order valence-electron chi connectivity index (χ4n) is 2.92. The third-order valence-electron chi connectivity index (χ3n) is 4.07. The molecule has 1 aliphatic rings. The van der Waals surface area contributed by atoms with Crippen molar-refractivity contribution in [3.63, 3.8) is 0 Å². The molecule has 0 saturated carbocycles. The predicted molar refractivity (Wildman–Crippen MR) is 103 cm³/mol. The lowest BCUT2D eigenvalue weighted by Gasteiger charge is -2.25. The molecule has 1 N–H and O–H groups in total. The normalized spacial score (nSPS) is 16.7. The van der Waals surface area contributed by atoms with Crippen molar-refractivity contribution in [1.82, 2.24) is 4.90 Å². The van der Waals surface area contributed by atoms with E-state index in [-0.39, 0.29) is 24.2 Å². The molecule has 7 heteroatoms.